The highest BCUT2D eigenvalue weighted by Crippen LogP contribution is 2.33. The predicted octanol–water partition coefficient (Wildman–Crippen LogP) is 0.163. The number of halogens is 3. The first-order valence-corrected chi connectivity index (χ1v) is 5.55. The van der Waals surface area contributed by atoms with E-state index in [-0.39, 0.29) is 12.5 Å². The van der Waals surface area contributed by atoms with E-state index in [1.54, 1.807) is 4.72 Å². The van der Waals surface area contributed by atoms with Crippen LogP contribution in [0, 0.1) is 5.92 Å². The summed E-state index contributed by atoms with van der Waals surface area (Å²) < 4.78 is 58.7. The number of alkyl halides is 3. The number of hydrogen-bond acceptors (Lipinski definition) is 3. The second-order valence-electron chi connectivity index (χ2n) is 3.25. The summed E-state index contributed by atoms with van der Waals surface area (Å²) in [4.78, 5) is 0. The van der Waals surface area contributed by atoms with Crippen molar-refractivity contribution in [3.8, 4) is 0 Å². The zero-order valence-corrected chi connectivity index (χ0v) is 8.03. The zero-order valence-electron chi connectivity index (χ0n) is 7.21. The molecule has 0 bridgehead atoms. The summed E-state index contributed by atoms with van der Waals surface area (Å²) in [5.74, 6) is -0.0443. The molecule has 0 saturated heterocycles. The SMILES string of the molecule is NCC(NS(=O)(=O)C(F)(F)F)C1CC1. The Hall–Kier alpha value is -0.340. The van der Waals surface area contributed by atoms with Gasteiger partial charge in [0.2, 0.25) is 0 Å². The maximum Gasteiger partial charge on any atom is 0.511 e. The summed E-state index contributed by atoms with van der Waals surface area (Å²) in [5, 5.41) is 0. The molecule has 1 rings (SSSR count). The van der Waals surface area contributed by atoms with Gasteiger partial charge >= 0.3 is 15.5 Å². The lowest BCUT2D eigenvalue weighted by atomic mass is 10.2. The van der Waals surface area contributed by atoms with E-state index in [9.17, 15) is 21.6 Å². The van der Waals surface area contributed by atoms with Crippen LogP contribution in [0.15, 0.2) is 0 Å². The molecule has 1 aliphatic rings. The molecule has 0 radical (unpaired) electrons. The minimum atomic E-state index is -5.25. The van der Waals surface area contributed by atoms with Crippen LogP contribution in [0.4, 0.5) is 13.2 Å². The lowest BCUT2D eigenvalue weighted by molar-refractivity contribution is -0.0451. The van der Waals surface area contributed by atoms with Gasteiger partial charge in [0.1, 0.15) is 0 Å². The molecule has 1 unspecified atom stereocenters. The number of nitrogens with one attached hydrogen (secondary N) is 1. The molecular formula is C6H11F3N2O2S. The van der Waals surface area contributed by atoms with Gasteiger partial charge in [-0.15, -0.1) is 0 Å². The Kier molecular flexibility index (Phi) is 3.07. The van der Waals surface area contributed by atoms with Crippen LogP contribution in [0.2, 0.25) is 0 Å². The van der Waals surface area contributed by atoms with Gasteiger partial charge in [-0.2, -0.15) is 13.2 Å². The summed E-state index contributed by atoms with van der Waals surface area (Å²) in [6.07, 6.45) is 1.45. The molecule has 0 heterocycles. The molecule has 4 nitrogen and oxygen atoms in total. The van der Waals surface area contributed by atoms with Crippen LogP contribution in [0.1, 0.15) is 12.8 Å². The molecule has 0 aromatic rings. The van der Waals surface area contributed by atoms with Crippen molar-refractivity contribution in [2.45, 2.75) is 24.4 Å². The maximum absolute atomic E-state index is 11.9. The van der Waals surface area contributed by atoms with Crippen molar-refractivity contribution in [2.24, 2.45) is 11.7 Å². The molecule has 0 spiro atoms. The number of hydrogen-bond donors (Lipinski definition) is 2. The zero-order chi connectivity index (χ0) is 11.0. The molecule has 1 atom stereocenters. The monoisotopic (exact) mass is 232 g/mol. The topological polar surface area (TPSA) is 72.2 Å². The molecular weight excluding hydrogens is 221 g/mol. The van der Waals surface area contributed by atoms with Crippen molar-refractivity contribution in [1.29, 1.82) is 0 Å². The van der Waals surface area contributed by atoms with Gasteiger partial charge in [0, 0.05) is 12.6 Å². The average Bonchev–Trinajstić information content (AvgIpc) is 2.80. The molecule has 1 saturated carbocycles. The third-order valence-corrected chi connectivity index (χ3v) is 3.28. The van der Waals surface area contributed by atoms with Crippen LogP contribution in [-0.2, 0) is 10.0 Å². The first kappa shape index (κ1) is 11.7. The highest BCUT2D eigenvalue weighted by Gasteiger charge is 2.48. The molecule has 0 aliphatic heterocycles. The van der Waals surface area contributed by atoms with Crippen molar-refractivity contribution in [1.82, 2.24) is 4.72 Å². The first-order valence-electron chi connectivity index (χ1n) is 4.06. The number of rotatable bonds is 4. The Labute approximate surface area is 79.7 Å². The van der Waals surface area contributed by atoms with Gasteiger partial charge in [-0.1, -0.05) is 0 Å². The second-order valence-corrected chi connectivity index (χ2v) is 4.95. The van der Waals surface area contributed by atoms with Gasteiger partial charge in [-0.3, -0.25) is 0 Å². The molecule has 3 N–H and O–H groups in total. The summed E-state index contributed by atoms with van der Waals surface area (Å²) in [6, 6.07) is -0.790. The lowest BCUT2D eigenvalue weighted by Crippen LogP contribution is -2.47. The molecule has 1 aliphatic carbocycles. The van der Waals surface area contributed by atoms with Gasteiger partial charge in [-0.25, -0.2) is 13.1 Å². The molecule has 8 heteroatoms. The summed E-state index contributed by atoms with van der Waals surface area (Å²) >= 11 is 0. The minimum absolute atomic E-state index is 0.0443. The van der Waals surface area contributed by atoms with E-state index in [1.165, 1.54) is 0 Å². The molecule has 1 fully saturated rings. The first-order chi connectivity index (χ1) is 6.28. The van der Waals surface area contributed by atoms with E-state index in [4.69, 9.17) is 5.73 Å². The van der Waals surface area contributed by atoms with Crippen LogP contribution in [0.3, 0.4) is 0 Å². The second kappa shape index (κ2) is 3.67. The van der Waals surface area contributed by atoms with Crippen LogP contribution < -0.4 is 10.5 Å². The van der Waals surface area contributed by atoms with Crippen molar-refractivity contribution in [2.75, 3.05) is 6.54 Å². The Bertz CT molecular complexity index is 297. The van der Waals surface area contributed by atoms with Crippen LogP contribution >= 0.6 is 0 Å². The van der Waals surface area contributed by atoms with Crippen LogP contribution in [0.5, 0.6) is 0 Å². The predicted molar refractivity (Wildman–Crippen MR) is 43.7 cm³/mol. The maximum atomic E-state index is 11.9. The van der Waals surface area contributed by atoms with Gasteiger partial charge in [0.15, 0.2) is 0 Å². The highest BCUT2D eigenvalue weighted by molar-refractivity contribution is 7.90. The summed E-state index contributed by atoms with van der Waals surface area (Å²) in [5.41, 5.74) is -0.0848. The van der Waals surface area contributed by atoms with E-state index in [1.807, 2.05) is 0 Å². The van der Waals surface area contributed by atoms with Crippen molar-refractivity contribution < 1.29 is 21.6 Å². The van der Waals surface area contributed by atoms with Crippen LogP contribution in [0.25, 0.3) is 0 Å². The lowest BCUT2D eigenvalue weighted by Gasteiger charge is -2.17. The van der Waals surface area contributed by atoms with Gasteiger partial charge in [0.05, 0.1) is 0 Å². The molecule has 0 aromatic heterocycles. The molecule has 0 aromatic carbocycles. The summed E-state index contributed by atoms with van der Waals surface area (Å²) in [7, 11) is -5.24. The van der Waals surface area contributed by atoms with E-state index in [2.05, 4.69) is 0 Å². The fraction of sp³-hybridized carbons (Fsp3) is 1.00. The fourth-order valence-electron chi connectivity index (χ4n) is 1.10. The normalized spacial score (nSPS) is 20.9. The third kappa shape index (κ3) is 2.58. The third-order valence-electron chi connectivity index (χ3n) is 2.06. The highest BCUT2D eigenvalue weighted by atomic mass is 32.2. The van der Waals surface area contributed by atoms with E-state index < -0.39 is 21.6 Å². The average molecular weight is 232 g/mol. The smallest absolute Gasteiger partial charge is 0.329 e. The minimum Gasteiger partial charge on any atom is -0.329 e. The summed E-state index contributed by atoms with van der Waals surface area (Å²) in [6.45, 7) is -0.111. The Balaban J connectivity index is 2.66. The quantitative estimate of drug-likeness (QED) is 0.725. The largest absolute Gasteiger partial charge is 0.511 e. The Morgan fingerprint density at radius 1 is 1.43 bits per heavy atom. The number of sulfonamides is 1. The fourth-order valence-corrected chi connectivity index (χ4v) is 1.92. The Morgan fingerprint density at radius 2 is 1.93 bits per heavy atom. The molecule has 0 amide bonds. The van der Waals surface area contributed by atoms with Crippen molar-refractivity contribution in [3.63, 3.8) is 0 Å². The standard InChI is InChI=1S/C6H11F3N2O2S/c7-6(8,9)14(12,13)11-5(3-10)4-1-2-4/h4-5,11H,1-3,10H2. The van der Waals surface area contributed by atoms with Gasteiger partial charge in [-0.05, 0) is 18.8 Å². The van der Waals surface area contributed by atoms with E-state index in [0.717, 1.165) is 12.8 Å². The van der Waals surface area contributed by atoms with E-state index in [0.29, 0.717) is 0 Å². The van der Waals surface area contributed by atoms with Crippen molar-refractivity contribution >= 4 is 10.0 Å². The molecule has 84 valence electrons. The Morgan fingerprint density at radius 3 is 2.21 bits per heavy atom. The van der Waals surface area contributed by atoms with Gasteiger partial charge < -0.3 is 5.73 Å². The van der Waals surface area contributed by atoms with Crippen LogP contribution in [-0.4, -0.2) is 26.5 Å². The number of nitrogens with two attached hydrogens (primary N) is 1. The van der Waals surface area contributed by atoms with E-state index >= 15 is 0 Å². The van der Waals surface area contributed by atoms with Gasteiger partial charge in [0.25, 0.3) is 0 Å². The van der Waals surface area contributed by atoms with Crippen molar-refractivity contribution in [3.05, 3.63) is 0 Å². The molecule has 14 heavy (non-hydrogen) atoms.